The van der Waals surface area contributed by atoms with Gasteiger partial charge in [-0.2, -0.15) is 0 Å². The Labute approximate surface area is 98.6 Å². The van der Waals surface area contributed by atoms with Crippen molar-refractivity contribution in [2.75, 3.05) is 0 Å². The summed E-state index contributed by atoms with van der Waals surface area (Å²) >= 11 is 0. The molecule has 2 fully saturated rings. The quantitative estimate of drug-likeness (QED) is 0.612. The largest absolute Gasteiger partial charge is 0.299 e. The number of allylic oxidation sites excluding steroid dienone is 2. The van der Waals surface area contributed by atoms with Gasteiger partial charge in [-0.05, 0) is 43.9 Å². The van der Waals surface area contributed by atoms with Crippen molar-refractivity contribution < 1.29 is 4.79 Å². The fourth-order valence-electron chi connectivity index (χ4n) is 3.57. The van der Waals surface area contributed by atoms with Gasteiger partial charge in [0, 0.05) is 12.3 Å². The highest BCUT2D eigenvalue weighted by Crippen LogP contribution is 2.48. The van der Waals surface area contributed by atoms with Gasteiger partial charge in [0.05, 0.1) is 0 Å². The zero-order valence-electron chi connectivity index (χ0n) is 10.5. The molecule has 2 rings (SSSR count). The van der Waals surface area contributed by atoms with Crippen molar-refractivity contribution in [1.29, 1.82) is 0 Å². The van der Waals surface area contributed by atoms with Gasteiger partial charge in [0.1, 0.15) is 5.78 Å². The molecule has 0 amide bonds. The second-order valence-corrected chi connectivity index (χ2v) is 5.73. The monoisotopic (exact) mass is 218 g/mol. The highest BCUT2D eigenvalue weighted by molar-refractivity contribution is 5.82. The van der Waals surface area contributed by atoms with E-state index in [0.717, 1.165) is 19.3 Å². The molecule has 0 heterocycles. The lowest BCUT2D eigenvalue weighted by Gasteiger charge is -2.45. The van der Waals surface area contributed by atoms with Crippen LogP contribution in [0, 0.1) is 23.7 Å². The molecule has 2 saturated carbocycles. The number of carbonyl (C=O) groups is 1. The van der Waals surface area contributed by atoms with Gasteiger partial charge in [-0.15, -0.1) is 0 Å². The van der Waals surface area contributed by atoms with Gasteiger partial charge in [0.25, 0.3) is 0 Å². The van der Waals surface area contributed by atoms with Crippen molar-refractivity contribution >= 4 is 5.78 Å². The average Bonchev–Trinajstić information content (AvgIpc) is 2.22. The molecule has 2 aliphatic carbocycles. The Morgan fingerprint density at radius 3 is 2.62 bits per heavy atom. The highest BCUT2D eigenvalue weighted by Gasteiger charge is 2.43. The fraction of sp³-hybridized carbons (Fsp3) is 0.667. The second-order valence-electron chi connectivity index (χ2n) is 5.73. The van der Waals surface area contributed by atoms with Crippen LogP contribution in [-0.2, 0) is 4.79 Å². The van der Waals surface area contributed by atoms with E-state index in [0.29, 0.717) is 30.0 Å². The molecule has 0 aliphatic heterocycles. The lowest BCUT2D eigenvalue weighted by molar-refractivity contribution is -0.130. The van der Waals surface area contributed by atoms with Crippen molar-refractivity contribution in [1.82, 2.24) is 0 Å². The van der Waals surface area contributed by atoms with Crippen LogP contribution in [0.3, 0.4) is 0 Å². The maximum atomic E-state index is 12.0. The molecule has 0 bridgehead atoms. The molecule has 0 unspecified atom stereocenters. The van der Waals surface area contributed by atoms with Crippen LogP contribution in [0.4, 0.5) is 0 Å². The lowest BCUT2D eigenvalue weighted by Crippen LogP contribution is -2.41. The number of hydrogen-bond acceptors (Lipinski definition) is 1. The van der Waals surface area contributed by atoms with Crippen molar-refractivity contribution in [2.24, 2.45) is 23.7 Å². The summed E-state index contributed by atoms with van der Waals surface area (Å²) in [5.41, 5.74) is 2.55. The minimum Gasteiger partial charge on any atom is -0.299 e. The summed E-state index contributed by atoms with van der Waals surface area (Å²) in [7, 11) is 0. The molecule has 16 heavy (non-hydrogen) atoms. The SMILES string of the molecule is C=C1CC[C@@H]2[C@@H](C1)[C@H](C(=C)C)CC(=O)[C@H]2C. The predicted octanol–water partition coefficient (Wildman–Crippen LogP) is 3.76. The number of ketones is 1. The normalized spacial score (nSPS) is 39.4. The van der Waals surface area contributed by atoms with Crippen molar-refractivity contribution in [3.05, 3.63) is 24.3 Å². The lowest BCUT2D eigenvalue weighted by atomic mass is 9.59. The third-order valence-electron chi connectivity index (χ3n) is 4.63. The number of fused-ring (bicyclic) bond motifs is 1. The summed E-state index contributed by atoms with van der Waals surface area (Å²) in [6.45, 7) is 12.4. The van der Waals surface area contributed by atoms with Crippen LogP contribution < -0.4 is 0 Å². The molecule has 0 aromatic rings. The smallest absolute Gasteiger partial charge is 0.136 e. The van der Waals surface area contributed by atoms with Gasteiger partial charge < -0.3 is 0 Å². The molecule has 0 saturated heterocycles. The van der Waals surface area contributed by atoms with Crippen LogP contribution in [0.15, 0.2) is 24.3 Å². The number of carbonyl (C=O) groups excluding carboxylic acids is 1. The minimum absolute atomic E-state index is 0.258. The van der Waals surface area contributed by atoms with Crippen LogP contribution >= 0.6 is 0 Å². The standard InChI is InChI=1S/C15H22O/c1-9(2)13-8-15(16)11(4)12-6-5-10(3)7-14(12)13/h11-14H,1,3,5-8H2,2,4H3/t11-,12-,13-,14+/m0/s1. The molecular formula is C15H22O. The zero-order chi connectivity index (χ0) is 11.9. The summed E-state index contributed by atoms with van der Waals surface area (Å²) in [6.07, 6.45) is 4.09. The summed E-state index contributed by atoms with van der Waals surface area (Å²) in [5.74, 6) is 2.32. The van der Waals surface area contributed by atoms with Gasteiger partial charge in [-0.1, -0.05) is 31.2 Å². The first-order valence-electron chi connectivity index (χ1n) is 6.35. The molecular weight excluding hydrogens is 196 g/mol. The Kier molecular flexibility index (Phi) is 3.05. The molecule has 1 heteroatoms. The summed E-state index contributed by atoms with van der Waals surface area (Å²) in [4.78, 5) is 12.0. The first-order chi connectivity index (χ1) is 7.50. The second kappa shape index (κ2) is 4.20. The molecule has 0 aromatic carbocycles. The van der Waals surface area contributed by atoms with Crippen molar-refractivity contribution in [2.45, 2.75) is 39.5 Å². The molecule has 4 atom stereocenters. The van der Waals surface area contributed by atoms with E-state index < -0.39 is 0 Å². The molecule has 0 spiro atoms. The van der Waals surface area contributed by atoms with Crippen molar-refractivity contribution in [3.63, 3.8) is 0 Å². The van der Waals surface area contributed by atoms with E-state index >= 15 is 0 Å². The van der Waals surface area contributed by atoms with Gasteiger partial charge in [-0.25, -0.2) is 0 Å². The molecule has 0 aromatic heterocycles. The molecule has 88 valence electrons. The van der Waals surface area contributed by atoms with Crippen LogP contribution in [-0.4, -0.2) is 5.78 Å². The molecule has 0 radical (unpaired) electrons. The maximum Gasteiger partial charge on any atom is 0.136 e. The number of hydrogen-bond donors (Lipinski definition) is 0. The average molecular weight is 218 g/mol. The third-order valence-corrected chi connectivity index (χ3v) is 4.63. The van der Waals surface area contributed by atoms with E-state index in [9.17, 15) is 4.79 Å². The maximum absolute atomic E-state index is 12.0. The van der Waals surface area contributed by atoms with Crippen molar-refractivity contribution in [3.8, 4) is 0 Å². The predicted molar refractivity (Wildman–Crippen MR) is 67.1 cm³/mol. The Balaban J connectivity index is 2.26. The Hall–Kier alpha value is -0.850. The van der Waals surface area contributed by atoms with Gasteiger partial charge in [-0.3, -0.25) is 4.79 Å². The summed E-state index contributed by atoms with van der Waals surface area (Å²) in [6, 6.07) is 0. The topological polar surface area (TPSA) is 17.1 Å². The first kappa shape index (κ1) is 11.6. The summed E-state index contributed by atoms with van der Waals surface area (Å²) in [5, 5.41) is 0. The summed E-state index contributed by atoms with van der Waals surface area (Å²) < 4.78 is 0. The van der Waals surface area contributed by atoms with Gasteiger partial charge in [0.2, 0.25) is 0 Å². The number of rotatable bonds is 1. The Bertz CT molecular complexity index is 339. The van der Waals surface area contributed by atoms with Gasteiger partial charge >= 0.3 is 0 Å². The van der Waals surface area contributed by atoms with Crippen LogP contribution in [0.25, 0.3) is 0 Å². The van der Waals surface area contributed by atoms with Gasteiger partial charge in [0.15, 0.2) is 0 Å². The molecule has 1 nitrogen and oxygen atoms in total. The third kappa shape index (κ3) is 1.88. The molecule has 2 aliphatic rings. The van der Waals surface area contributed by atoms with Crippen LogP contribution in [0.5, 0.6) is 0 Å². The Morgan fingerprint density at radius 2 is 2.00 bits per heavy atom. The van der Waals surface area contributed by atoms with E-state index in [1.807, 2.05) is 0 Å². The van der Waals surface area contributed by atoms with E-state index in [4.69, 9.17) is 0 Å². The van der Waals surface area contributed by atoms with E-state index in [-0.39, 0.29) is 5.92 Å². The zero-order valence-corrected chi connectivity index (χ0v) is 10.5. The van der Waals surface area contributed by atoms with E-state index in [1.54, 1.807) is 0 Å². The van der Waals surface area contributed by atoms with Crippen LogP contribution in [0.1, 0.15) is 39.5 Å². The number of Topliss-reactive ketones (excluding diaryl/α,β-unsaturated/α-hetero) is 1. The van der Waals surface area contributed by atoms with Crippen LogP contribution in [0.2, 0.25) is 0 Å². The first-order valence-corrected chi connectivity index (χ1v) is 6.35. The van der Waals surface area contributed by atoms with E-state index in [2.05, 4.69) is 27.0 Å². The highest BCUT2D eigenvalue weighted by atomic mass is 16.1. The molecule has 0 N–H and O–H groups in total. The minimum atomic E-state index is 0.258. The van der Waals surface area contributed by atoms with E-state index in [1.165, 1.54) is 11.1 Å². The Morgan fingerprint density at radius 1 is 1.31 bits per heavy atom. The fourth-order valence-corrected chi connectivity index (χ4v) is 3.57.